The highest BCUT2D eigenvalue weighted by atomic mass is 16.4. The molecule has 2 fully saturated rings. The summed E-state index contributed by atoms with van der Waals surface area (Å²) in [6.45, 7) is 5.91. The van der Waals surface area contributed by atoms with Gasteiger partial charge in [0.1, 0.15) is 0 Å². The van der Waals surface area contributed by atoms with Crippen molar-refractivity contribution < 1.29 is 9.90 Å². The van der Waals surface area contributed by atoms with Crippen LogP contribution in [-0.2, 0) is 4.79 Å². The Morgan fingerprint density at radius 2 is 2.06 bits per heavy atom. The summed E-state index contributed by atoms with van der Waals surface area (Å²) in [4.78, 5) is 13.9. The van der Waals surface area contributed by atoms with E-state index in [1.165, 1.54) is 19.3 Å². The van der Waals surface area contributed by atoms with Crippen LogP contribution in [0.5, 0.6) is 0 Å². The summed E-state index contributed by atoms with van der Waals surface area (Å²) >= 11 is 0. The van der Waals surface area contributed by atoms with Gasteiger partial charge in [-0.05, 0) is 38.0 Å². The lowest BCUT2D eigenvalue weighted by atomic mass is 9.81. The molecule has 16 heavy (non-hydrogen) atoms. The van der Waals surface area contributed by atoms with Crippen LogP contribution in [0.1, 0.15) is 46.0 Å². The van der Waals surface area contributed by atoms with Crippen molar-refractivity contribution in [2.75, 3.05) is 13.1 Å². The van der Waals surface area contributed by atoms with E-state index in [-0.39, 0.29) is 0 Å². The number of fused-ring (bicyclic) bond motifs is 2. The van der Waals surface area contributed by atoms with Crippen LogP contribution < -0.4 is 0 Å². The van der Waals surface area contributed by atoms with Gasteiger partial charge in [-0.2, -0.15) is 0 Å². The van der Waals surface area contributed by atoms with Crippen molar-refractivity contribution in [1.29, 1.82) is 0 Å². The summed E-state index contributed by atoms with van der Waals surface area (Å²) in [5, 5.41) is 9.43. The number of hydrogen-bond donors (Lipinski definition) is 1. The van der Waals surface area contributed by atoms with Crippen LogP contribution in [0.3, 0.4) is 0 Å². The molecule has 1 aliphatic carbocycles. The zero-order valence-electron chi connectivity index (χ0n) is 10.4. The average molecular weight is 225 g/mol. The van der Waals surface area contributed by atoms with E-state index in [2.05, 4.69) is 4.90 Å². The molecule has 0 amide bonds. The van der Waals surface area contributed by atoms with E-state index in [1.54, 1.807) is 0 Å². The summed E-state index contributed by atoms with van der Waals surface area (Å²) < 4.78 is 0. The normalized spacial score (nSPS) is 29.9. The Bertz CT molecular complexity index is 273. The molecule has 0 radical (unpaired) electrons. The Balaban J connectivity index is 2.03. The summed E-state index contributed by atoms with van der Waals surface area (Å²) in [6, 6.07) is 0.682. The lowest BCUT2D eigenvalue weighted by molar-refractivity contribution is -0.151. The van der Waals surface area contributed by atoms with Gasteiger partial charge in [-0.3, -0.25) is 9.69 Å². The molecule has 2 unspecified atom stereocenters. The zero-order chi connectivity index (χ0) is 11.8. The van der Waals surface area contributed by atoms with Crippen LogP contribution in [0.4, 0.5) is 0 Å². The molecule has 0 spiro atoms. The number of carboxylic acid groups (broad SMARTS) is 1. The fourth-order valence-corrected chi connectivity index (χ4v) is 3.45. The third kappa shape index (κ3) is 1.86. The number of piperidine rings is 1. The quantitative estimate of drug-likeness (QED) is 0.781. The van der Waals surface area contributed by atoms with Crippen LogP contribution in [-0.4, -0.2) is 35.1 Å². The maximum absolute atomic E-state index is 11.5. The fourth-order valence-electron chi connectivity index (χ4n) is 3.45. The van der Waals surface area contributed by atoms with Crippen molar-refractivity contribution in [3.05, 3.63) is 0 Å². The molecular formula is C13H23NO2. The fraction of sp³-hybridized carbons (Fsp3) is 0.923. The zero-order valence-corrected chi connectivity index (χ0v) is 10.4. The molecule has 0 aromatic heterocycles. The Morgan fingerprint density at radius 1 is 1.38 bits per heavy atom. The van der Waals surface area contributed by atoms with Crippen molar-refractivity contribution in [3.8, 4) is 0 Å². The molecule has 3 heteroatoms. The standard InChI is InChI=1S/C13H23NO2/c1-3-13(4-2,12(15)16)9-14-8-10-5-6-11(14)7-10/h10-11H,3-9H2,1-2H3,(H,15,16). The Labute approximate surface area is 97.8 Å². The smallest absolute Gasteiger partial charge is 0.310 e. The first-order valence-electron chi connectivity index (χ1n) is 6.58. The van der Waals surface area contributed by atoms with Crippen molar-refractivity contribution in [3.63, 3.8) is 0 Å². The molecule has 1 aliphatic heterocycles. The van der Waals surface area contributed by atoms with Crippen molar-refractivity contribution in [2.24, 2.45) is 11.3 Å². The minimum atomic E-state index is -0.611. The Kier molecular flexibility index (Phi) is 3.24. The van der Waals surface area contributed by atoms with Gasteiger partial charge in [-0.25, -0.2) is 0 Å². The third-order valence-corrected chi connectivity index (χ3v) is 4.84. The van der Waals surface area contributed by atoms with Gasteiger partial charge in [-0.15, -0.1) is 0 Å². The number of aliphatic carboxylic acids is 1. The van der Waals surface area contributed by atoms with Gasteiger partial charge in [0.2, 0.25) is 0 Å². The summed E-state index contributed by atoms with van der Waals surface area (Å²) in [6.07, 6.45) is 5.44. The van der Waals surface area contributed by atoms with Crippen LogP contribution in [0.15, 0.2) is 0 Å². The molecule has 1 heterocycles. The predicted octanol–water partition coefficient (Wildman–Crippen LogP) is 2.36. The van der Waals surface area contributed by atoms with Crippen molar-refractivity contribution in [1.82, 2.24) is 4.90 Å². The summed E-state index contributed by atoms with van der Waals surface area (Å²) in [5.41, 5.74) is -0.509. The number of hydrogen-bond acceptors (Lipinski definition) is 2. The topological polar surface area (TPSA) is 40.5 Å². The molecule has 2 bridgehead atoms. The molecule has 0 aromatic rings. The van der Waals surface area contributed by atoms with Crippen LogP contribution >= 0.6 is 0 Å². The maximum Gasteiger partial charge on any atom is 0.310 e. The van der Waals surface area contributed by atoms with Gasteiger partial charge in [0.05, 0.1) is 5.41 Å². The molecule has 2 atom stereocenters. The highest BCUT2D eigenvalue weighted by molar-refractivity contribution is 5.74. The highest BCUT2D eigenvalue weighted by Gasteiger charge is 2.44. The summed E-state index contributed by atoms with van der Waals surface area (Å²) in [7, 11) is 0. The first-order valence-corrected chi connectivity index (χ1v) is 6.58. The predicted molar refractivity (Wildman–Crippen MR) is 63.4 cm³/mol. The minimum Gasteiger partial charge on any atom is -0.481 e. The van der Waals surface area contributed by atoms with E-state index in [4.69, 9.17) is 0 Å². The van der Waals surface area contributed by atoms with Gasteiger partial charge in [0.15, 0.2) is 0 Å². The van der Waals surface area contributed by atoms with Crippen molar-refractivity contribution >= 4 is 5.97 Å². The first-order chi connectivity index (χ1) is 7.61. The number of likely N-dealkylation sites (tertiary alicyclic amines) is 1. The van der Waals surface area contributed by atoms with Crippen LogP contribution in [0.2, 0.25) is 0 Å². The van der Waals surface area contributed by atoms with Crippen LogP contribution in [0, 0.1) is 11.3 Å². The number of carbonyl (C=O) groups is 1. The van der Waals surface area contributed by atoms with Crippen LogP contribution in [0.25, 0.3) is 0 Å². The summed E-state index contributed by atoms with van der Waals surface area (Å²) in [5.74, 6) is 0.241. The molecule has 1 saturated heterocycles. The number of carboxylic acids is 1. The van der Waals surface area contributed by atoms with Gasteiger partial charge < -0.3 is 5.11 Å². The molecule has 2 aliphatic rings. The first kappa shape index (κ1) is 11.9. The molecule has 3 nitrogen and oxygen atoms in total. The average Bonchev–Trinajstić information content (AvgIpc) is 2.87. The molecule has 0 aromatic carbocycles. The van der Waals surface area contributed by atoms with E-state index >= 15 is 0 Å². The molecule has 92 valence electrons. The lowest BCUT2D eigenvalue weighted by Crippen LogP contribution is -2.45. The van der Waals surface area contributed by atoms with E-state index in [0.717, 1.165) is 31.8 Å². The highest BCUT2D eigenvalue weighted by Crippen LogP contribution is 2.40. The van der Waals surface area contributed by atoms with Crippen molar-refractivity contribution in [2.45, 2.75) is 52.0 Å². The molecule has 1 saturated carbocycles. The lowest BCUT2D eigenvalue weighted by Gasteiger charge is -2.36. The Hall–Kier alpha value is -0.570. The van der Waals surface area contributed by atoms with E-state index in [9.17, 15) is 9.90 Å². The number of nitrogens with zero attached hydrogens (tertiary/aromatic N) is 1. The second kappa shape index (κ2) is 4.36. The Morgan fingerprint density at radius 3 is 2.44 bits per heavy atom. The SMILES string of the molecule is CCC(CC)(CN1CC2CCC1C2)C(=O)O. The van der Waals surface area contributed by atoms with Gasteiger partial charge in [0.25, 0.3) is 0 Å². The minimum absolute atomic E-state index is 0.509. The molecule has 1 N–H and O–H groups in total. The second-order valence-electron chi connectivity index (χ2n) is 5.55. The largest absolute Gasteiger partial charge is 0.481 e. The van der Waals surface area contributed by atoms with Gasteiger partial charge >= 0.3 is 5.97 Å². The molecular weight excluding hydrogens is 202 g/mol. The van der Waals surface area contributed by atoms with E-state index in [0.29, 0.717) is 6.04 Å². The number of rotatable bonds is 5. The van der Waals surface area contributed by atoms with Gasteiger partial charge in [0, 0.05) is 19.1 Å². The van der Waals surface area contributed by atoms with E-state index < -0.39 is 11.4 Å². The maximum atomic E-state index is 11.5. The molecule has 2 rings (SSSR count). The second-order valence-corrected chi connectivity index (χ2v) is 5.55. The monoisotopic (exact) mass is 225 g/mol. The van der Waals surface area contributed by atoms with E-state index in [1.807, 2.05) is 13.8 Å². The van der Waals surface area contributed by atoms with Gasteiger partial charge in [-0.1, -0.05) is 13.8 Å². The third-order valence-electron chi connectivity index (χ3n) is 4.84.